The van der Waals surface area contributed by atoms with Gasteiger partial charge < -0.3 is 5.32 Å². The van der Waals surface area contributed by atoms with Crippen LogP contribution in [0.3, 0.4) is 0 Å². The minimum atomic E-state index is -3.14. The van der Waals surface area contributed by atoms with Crippen LogP contribution in [0.15, 0.2) is 17.5 Å². The van der Waals surface area contributed by atoms with Crippen molar-refractivity contribution in [2.75, 3.05) is 18.8 Å². The molecule has 1 saturated heterocycles. The monoisotopic (exact) mass is 372 g/mol. The lowest BCUT2D eigenvalue weighted by molar-refractivity contribution is -0.127. The SMILES string of the molecule is CCS(=O)(=O)N1CCC(C(=O)NC(CC(C)C)c2cccs2)CC1. The Morgan fingerprint density at radius 3 is 2.54 bits per heavy atom. The minimum Gasteiger partial charge on any atom is -0.348 e. The quantitative estimate of drug-likeness (QED) is 0.800. The fourth-order valence-corrected chi connectivity index (χ4v) is 5.00. The highest BCUT2D eigenvalue weighted by molar-refractivity contribution is 7.89. The molecule has 7 heteroatoms. The Morgan fingerprint density at radius 1 is 1.38 bits per heavy atom. The third-order valence-electron chi connectivity index (χ3n) is 4.49. The lowest BCUT2D eigenvalue weighted by Gasteiger charge is -2.31. The number of piperidine rings is 1. The molecule has 2 rings (SSSR count). The Bertz CT molecular complexity index is 618. The summed E-state index contributed by atoms with van der Waals surface area (Å²) in [5.41, 5.74) is 0. The standard InChI is InChI=1S/C17H28N2O3S2/c1-4-24(21,22)19-9-7-14(8-10-19)17(20)18-15(12-13(2)3)16-6-5-11-23-16/h5-6,11,13-15H,4,7-10,12H2,1-3H3,(H,18,20). The highest BCUT2D eigenvalue weighted by Gasteiger charge is 2.31. The Kier molecular flexibility index (Phi) is 6.83. The number of carbonyl (C=O) groups excluding carboxylic acids is 1. The molecular formula is C17H28N2O3S2. The van der Waals surface area contributed by atoms with Gasteiger partial charge in [-0.15, -0.1) is 11.3 Å². The number of nitrogens with zero attached hydrogens (tertiary/aromatic N) is 1. The van der Waals surface area contributed by atoms with E-state index in [-0.39, 0.29) is 23.6 Å². The van der Waals surface area contributed by atoms with E-state index < -0.39 is 10.0 Å². The van der Waals surface area contributed by atoms with Gasteiger partial charge >= 0.3 is 0 Å². The molecule has 1 aliphatic heterocycles. The van der Waals surface area contributed by atoms with Gasteiger partial charge in [0.15, 0.2) is 0 Å². The van der Waals surface area contributed by atoms with E-state index >= 15 is 0 Å². The zero-order chi connectivity index (χ0) is 17.7. The zero-order valence-corrected chi connectivity index (χ0v) is 16.3. The summed E-state index contributed by atoms with van der Waals surface area (Å²) in [4.78, 5) is 13.8. The number of amides is 1. The number of sulfonamides is 1. The molecule has 136 valence electrons. The number of rotatable bonds is 7. The van der Waals surface area contributed by atoms with Crippen LogP contribution < -0.4 is 5.32 Å². The molecule has 1 amide bonds. The predicted octanol–water partition coefficient (Wildman–Crippen LogP) is 3.01. The molecule has 0 radical (unpaired) electrons. The maximum Gasteiger partial charge on any atom is 0.223 e. The molecule has 5 nitrogen and oxygen atoms in total. The molecule has 0 spiro atoms. The van der Waals surface area contributed by atoms with E-state index in [0.717, 1.165) is 6.42 Å². The van der Waals surface area contributed by atoms with Gasteiger partial charge in [0.1, 0.15) is 0 Å². The van der Waals surface area contributed by atoms with E-state index in [1.165, 1.54) is 9.18 Å². The summed E-state index contributed by atoms with van der Waals surface area (Å²) in [7, 11) is -3.14. The van der Waals surface area contributed by atoms with Crippen molar-refractivity contribution >= 4 is 27.3 Å². The molecule has 1 atom stereocenters. The van der Waals surface area contributed by atoms with Crippen molar-refractivity contribution in [1.29, 1.82) is 0 Å². The highest BCUT2D eigenvalue weighted by Crippen LogP contribution is 2.27. The van der Waals surface area contributed by atoms with E-state index in [0.29, 0.717) is 31.8 Å². The third-order valence-corrected chi connectivity index (χ3v) is 7.36. The lowest BCUT2D eigenvalue weighted by Crippen LogP contribution is -2.44. The van der Waals surface area contributed by atoms with E-state index in [4.69, 9.17) is 0 Å². The van der Waals surface area contributed by atoms with E-state index in [1.807, 2.05) is 11.4 Å². The Balaban J connectivity index is 1.94. The van der Waals surface area contributed by atoms with Gasteiger partial charge in [0.25, 0.3) is 0 Å². The van der Waals surface area contributed by atoms with Gasteiger partial charge in [-0.1, -0.05) is 19.9 Å². The van der Waals surface area contributed by atoms with Crippen molar-refractivity contribution < 1.29 is 13.2 Å². The largest absolute Gasteiger partial charge is 0.348 e. The first-order chi connectivity index (χ1) is 11.3. The Morgan fingerprint density at radius 2 is 2.04 bits per heavy atom. The van der Waals surface area contributed by atoms with Crippen LogP contribution in [0.25, 0.3) is 0 Å². The highest BCUT2D eigenvalue weighted by atomic mass is 32.2. The van der Waals surface area contributed by atoms with Crippen molar-refractivity contribution in [1.82, 2.24) is 9.62 Å². The average Bonchev–Trinajstić information content (AvgIpc) is 3.08. The minimum absolute atomic E-state index is 0.0508. The van der Waals surface area contributed by atoms with Crippen molar-refractivity contribution in [3.8, 4) is 0 Å². The normalized spacial score (nSPS) is 18.7. The summed E-state index contributed by atoms with van der Waals surface area (Å²) in [6.07, 6.45) is 2.11. The van der Waals surface area contributed by atoms with E-state index in [1.54, 1.807) is 18.3 Å². The first-order valence-electron chi connectivity index (χ1n) is 8.65. The van der Waals surface area contributed by atoms with Gasteiger partial charge in [-0.25, -0.2) is 12.7 Å². The second kappa shape index (κ2) is 8.45. The van der Waals surface area contributed by atoms with Gasteiger partial charge in [0.05, 0.1) is 11.8 Å². The first-order valence-corrected chi connectivity index (χ1v) is 11.1. The van der Waals surface area contributed by atoms with Crippen LogP contribution in [-0.4, -0.2) is 37.5 Å². The Labute approximate surface area is 149 Å². The molecule has 1 aromatic heterocycles. The maximum absolute atomic E-state index is 12.6. The molecule has 24 heavy (non-hydrogen) atoms. The Hall–Kier alpha value is -0.920. The predicted molar refractivity (Wildman–Crippen MR) is 98.4 cm³/mol. The van der Waals surface area contributed by atoms with Crippen LogP contribution in [0.4, 0.5) is 0 Å². The van der Waals surface area contributed by atoms with E-state index in [9.17, 15) is 13.2 Å². The summed E-state index contributed by atoms with van der Waals surface area (Å²) in [6, 6.07) is 4.12. The van der Waals surface area contributed by atoms with Crippen LogP contribution in [0.5, 0.6) is 0 Å². The molecule has 0 saturated carbocycles. The molecular weight excluding hydrogens is 344 g/mol. The molecule has 1 aromatic rings. The number of nitrogens with one attached hydrogen (secondary N) is 1. The van der Waals surface area contributed by atoms with Crippen molar-refractivity contribution in [3.63, 3.8) is 0 Å². The molecule has 1 unspecified atom stereocenters. The number of carbonyl (C=O) groups is 1. The van der Waals surface area contributed by atoms with Crippen molar-refractivity contribution in [3.05, 3.63) is 22.4 Å². The number of hydrogen-bond acceptors (Lipinski definition) is 4. The number of thiophene rings is 1. The molecule has 0 aliphatic carbocycles. The summed E-state index contributed by atoms with van der Waals surface area (Å²) < 4.78 is 25.3. The van der Waals surface area contributed by atoms with Crippen LogP contribution in [0, 0.1) is 11.8 Å². The fraction of sp³-hybridized carbons (Fsp3) is 0.706. The molecule has 2 heterocycles. The van der Waals surface area contributed by atoms with Crippen LogP contribution in [0.1, 0.15) is 51.0 Å². The topological polar surface area (TPSA) is 66.5 Å². The first kappa shape index (κ1) is 19.4. The van der Waals surface area contributed by atoms with Crippen molar-refractivity contribution in [2.45, 2.75) is 46.1 Å². The fourth-order valence-electron chi connectivity index (χ4n) is 3.08. The summed E-state index contributed by atoms with van der Waals surface area (Å²) in [5, 5.41) is 5.22. The summed E-state index contributed by atoms with van der Waals surface area (Å²) in [5.74, 6) is 0.582. The molecule has 1 aliphatic rings. The maximum atomic E-state index is 12.6. The number of hydrogen-bond donors (Lipinski definition) is 1. The zero-order valence-electron chi connectivity index (χ0n) is 14.7. The second-order valence-electron chi connectivity index (χ2n) is 6.78. The van der Waals surface area contributed by atoms with Crippen LogP contribution in [-0.2, 0) is 14.8 Å². The van der Waals surface area contributed by atoms with Crippen molar-refractivity contribution in [2.24, 2.45) is 11.8 Å². The smallest absolute Gasteiger partial charge is 0.223 e. The summed E-state index contributed by atoms with van der Waals surface area (Å²) >= 11 is 1.67. The van der Waals surface area contributed by atoms with Gasteiger partial charge in [0.2, 0.25) is 15.9 Å². The van der Waals surface area contributed by atoms with Gasteiger partial charge in [0, 0.05) is 23.9 Å². The third kappa shape index (κ3) is 5.04. The second-order valence-corrected chi connectivity index (χ2v) is 10.0. The molecule has 1 fully saturated rings. The summed E-state index contributed by atoms with van der Waals surface area (Å²) in [6.45, 7) is 6.86. The van der Waals surface area contributed by atoms with E-state index in [2.05, 4.69) is 25.2 Å². The van der Waals surface area contributed by atoms with Crippen LogP contribution in [0.2, 0.25) is 0 Å². The average molecular weight is 373 g/mol. The molecule has 0 bridgehead atoms. The van der Waals surface area contributed by atoms with Gasteiger partial charge in [-0.2, -0.15) is 0 Å². The van der Waals surface area contributed by atoms with Gasteiger partial charge in [-0.3, -0.25) is 4.79 Å². The lowest BCUT2D eigenvalue weighted by atomic mass is 9.95. The van der Waals surface area contributed by atoms with Crippen LogP contribution >= 0.6 is 11.3 Å². The van der Waals surface area contributed by atoms with Gasteiger partial charge in [-0.05, 0) is 43.6 Å². The molecule has 1 N–H and O–H groups in total. The molecule has 0 aromatic carbocycles.